The Morgan fingerprint density at radius 1 is 1.07 bits per heavy atom. The van der Waals surface area contributed by atoms with Gasteiger partial charge >= 0.3 is 0 Å². The van der Waals surface area contributed by atoms with Crippen LogP contribution in [0.1, 0.15) is 39.2 Å². The lowest BCUT2D eigenvalue weighted by molar-refractivity contribution is 0.154. The van der Waals surface area contributed by atoms with E-state index in [0.717, 1.165) is 25.3 Å². The Kier molecular flexibility index (Phi) is 10.4. The lowest BCUT2D eigenvalue weighted by atomic mass is 9.76. The van der Waals surface area contributed by atoms with Crippen molar-refractivity contribution in [2.75, 3.05) is 44.9 Å². The SMILES string of the molecule is CCNC(=NCC(CC)(CC)c1ccccc1)NCCOCCS(C)(=O)=O. The van der Waals surface area contributed by atoms with Crippen molar-refractivity contribution in [1.29, 1.82) is 0 Å². The van der Waals surface area contributed by atoms with Crippen molar-refractivity contribution in [3.05, 3.63) is 35.9 Å². The standard InChI is InChI=1S/C20H35N3O3S/c1-5-20(6-2,18-11-9-8-10-12-18)17-23-19(21-7-3)22-13-14-26-15-16-27(4,24)25/h8-12H,5-7,13-17H2,1-4H3,(H2,21,22,23). The first-order valence-electron chi connectivity index (χ1n) is 9.70. The van der Waals surface area contributed by atoms with E-state index in [1.54, 1.807) is 0 Å². The number of rotatable bonds is 12. The van der Waals surface area contributed by atoms with Crippen molar-refractivity contribution >= 4 is 15.8 Å². The van der Waals surface area contributed by atoms with E-state index in [9.17, 15) is 8.42 Å². The highest BCUT2D eigenvalue weighted by molar-refractivity contribution is 7.90. The number of nitrogens with zero attached hydrogens (tertiary/aromatic N) is 1. The molecular formula is C20H35N3O3S. The molecule has 0 radical (unpaired) electrons. The number of hydrogen-bond donors (Lipinski definition) is 2. The van der Waals surface area contributed by atoms with Crippen molar-refractivity contribution in [1.82, 2.24) is 10.6 Å². The minimum absolute atomic E-state index is 0.0234. The summed E-state index contributed by atoms with van der Waals surface area (Å²) >= 11 is 0. The van der Waals surface area contributed by atoms with Gasteiger partial charge in [-0.1, -0.05) is 44.2 Å². The Morgan fingerprint density at radius 2 is 1.74 bits per heavy atom. The van der Waals surface area contributed by atoms with Crippen LogP contribution in [0.25, 0.3) is 0 Å². The minimum atomic E-state index is -2.97. The van der Waals surface area contributed by atoms with Crippen LogP contribution < -0.4 is 10.6 Å². The van der Waals surface area contributed by atoms with Crippen molar-refractivity contribution in [3.8, 4) is 0 Å². The molecule has 0 aliphatic carbocycles. The molecule has 0 unspecified atom stereocenters. The lowest BCUT2D eigenvalue weighted by Gasteiger charge is -2.31. The predicted molar refractivity (Wildman–Crippen MR) is 113 cm³/mol. The van der Waals surface area contributed by atoms with Crippen LogP contribution in [0.3, 0.4) is 0 Å². The second-order valence-electron chi connectivity index (χ2n) is 6.72. The van der Waals surface area contributed by atoms with E-state index in [-0.39, 0.29) is 17.8 Å². The largest absolute Gasteiger partial charge is 0.379 e. The minimum Gasteiger partial charge on any atom is -0.379 e. The molecule has 27 heavy (non-hydrogen) atoms. The number of sulfone groups is 1. The molecule has 6 nitrogen and oxygen atoms in total. The molecular weight excluding hydrogens is 362 g/mol. The maximum absolute atomic E-state index is 11.1. The van der Waals surface area contributed by atoms with Gasteiger partial charge in [-0.3, -0.25) is 4.99 Å². The van der Waals surface area contributed by atoms with E-state index in [0.29, 0.717) is 19.7 Å². The molecule has 0 spiro atoms. The van der Waals surface area contributed by atoms with E-state index in [2.05, 4.69) is 48.7 Å². The number of benzene rings is 1. The fourth-order valence-corrected chi connectivity index (χ4v) is 3.31. The second kappa shape index (κ2) is 12.0. The van der Waals surface area contributed by atoms with Gasteiger partial charge in [0.2, 0.25) is 0 Å². The molecule has 1 aromatic carbocycles. The second-order valence-corrected chi connectivity index (χ2v) is 8.98. The van der Waals surface area contributed by atoms with Crippen molar-refractivity contribution in [2.24, 2.45) is 4.99 Å². The maximum atomic E-state index is 11.1. The van der Waals surface area contributed by atoms with E-state index < -0.39 is 9.84 Å². The molecule has 0 aromatic heterocycles. The number of hydrogen-bond acceptors (Lipinski definition) is 4. The summed E-state index contributed by atoms with van der Waals surface area (Å²) in [7, 11) is -2.97. The zero-order valence-corrected chi connectivity index (χ0v) is 17.9. The summed E-state index contributed by atoms with van der Waals surface area (Å²) in [6, 6.07) is 10.6. The molecule has 0 atom stereocenters. The summed E-state index contributed by atoms with van der Waals surface area (Å²) in [6.07, 6.45) is 3.25. The smallest absolute Gasteiger partial charge is 0.191 e. The molecule has 0 saturated carbocycles. The van der Waals surface area contributed by atoms with E-state index in [1.165, 1.54) is 11.8 Å². The van der Waals surface area contributed by atoms with Gasteiger partial charge in [-0.05, 0) is 25.3 Å². The van der Waals surface area contributed by atoms with Crippen LogP contribution in [0.15, 0.2) is 35.3 Å². The zero-order valence-electron chi connectivity index (χ0n) is 17.1. The molecule has 0 bridgehead atoms. The highest BCUT2D eigenvalue weighted by atomic mass is 32.2. The molecule has 0 fully saturated rings. The Balaban J connectivity index is 2.63. The summed E-state index contributed by atoms with van der Waals surface area (Å²) in [5, 5.41) is 6.51. The van der Waals surface area contributed by atoms with Crippen LogP contribution in [-0.4, -0.2) is 59.2 Å². The molecule has 1 rings (SSSR count). The van der Waals surface area contributed by atoms with Crippen molar-refractivity contribution in [3.63, 3.8) is 0 Å². The molecule has 0 amide bonds. The first-order valence-corrected chi connectivity index (χ1v) is 11.8. The Bertz CT molecular complexity index is 656. The summed E-state index contributed by atoms with van der Waals surface area (Å²) < 4.78 is 27.5. The molecule has 7 heteroatoms. The van der Waals surface area contributed by atoms with Gasteiger partial charge in [0.05, 0.1) is 25.5 Å². The molecule has 0 heterocycles. The zero-order chi connectivity index (χ0) is 20.2. The lowest BCUT2D eigenvalue weighted by Crippen LogP contribution is -2.40. The third-order valence-corrected chi connectivity index (χ3v) is 5.67. The fraction of sp³-hybridized carbons (Fsp3) is 0.650. The van der Waals surface area contributed by atoms with Crippen molar-refractivity contribution in [2.45, 2.75) is 39.0 Å². The van der Waals surface area contributed by atoms with Gasteiger partial charge in [0.1, 0.15) is 9.84 Å². The number of guanidine groups is 1. The summed E-state index contributed by atoms with van der Waals surface area (Å²) in [5.74, 6) is 0.805. The van der Waals surface area contributed by atoms with Gasteiger partial charge in [0, 0.05) is 24.8 Å². The van der Waals surface area contributed by atoms with Gasteiger partial charge in [0.25, 0.3) is 0 Å². The molecule has 1 aromatic rings. The molecule has 154 valence electrons. The number of ether oxygens (including phenoxy) is 1. The molecule has 0 saturated heterocycles. The van der Waals surface area contributed by atoms with E-state index in [4.69, 9.17) is 9.73 Å². The van der Waals surface area contributed by atoms with Crippen LogP contribution in [0.5, 0.6) is 0 Å². The Morgan fingerprint density at radius 3 is 2.30 bits per heavy atom. The van der Waals surface area contributed by atoms with Gasteiger partial charge < -0.3 is 15.4 Å². The third-order valence-electron chi connectivity index (χ3n) is 4.76. The molecule has 2 N–H and O–H groups in total. The van der Waals surface area contributed by atoms with Crippen LogP contribution >= 0.6 is 0 Å². The first kappa shape index (κ1) is 23.4. The highest BCUT2D eigenvalue weighted by Crippen LogP contribution is 2.31. The van der Waals surface area contributed by atoms with Crippen LogP contribution in [0.4, 0.5) is 0 Å². The predicted octanol–water partition coefficient (Wildman–Crippen LogP) is 2.36. The van der Waals surface area contributed by atoms with Gasteiger partial charge in [0.15, 0.2) is 5.96 Å². The van der Waals surface area contributed by atoms with Crippen LogP contribution in [0.2, 0.25) is 0 Å². The third kappa shape index (κ3) is 8.75. The number of nitrogens with one attached hydrogen (secondary N) is 2. The summed E-state index contributed by atoms with van der Waals surface area (Å²) in [6.45, 7) is 9.16. The van der Waals surface area contributed by atoms with Crippen molar-refractivity contribution < 1.29 is 13.2 Å². The monoisotopic (exact) mass is 397 g/mol. The molecule has 0 aliphatic heterocycles. The maximum Gasteiger partial charge on any atom is 0.191 e. The Hall–Kier alpha value is -1.60. The summed E-state index contributed by atoms with van der Waals surface area (Å²) in [5.41, 5.74) is 1.34. The van der Waals surface area contributed by atoms with E-state index >= 15 is 0 Å². The number of aliphatic imine (C=N–C) groups is 1. The normalized spacial score (nSPS) is 12.8. The van der Waals surface area contributed by atoms with Gasteiger partial charge in [-0.15, -0.1) is 0 Å². The van der Waals surface area contributed by atoms with Crippen LogP contribution in [-0.2, 0) is 20.0 Å². The van der Waals surface area contributed by atoms with Gasteiger partial charge in [-0.2, -0.15) is 0 Å². The van der Waals surface area contributed by atoms with Crippen LogP contribution in [0, 0.1) is 0 Å². The Labute approximate surface area is 164 Å². The molecule has 0 aliphatic rings. The highest BCUT2D eigenvalue weighted by Gasteiger charge is 2.28. The van der Waals surface area contributed by atoms with Gasteiger partial charge in [-0.25, -0.2) is 8.42 Å². The average Bonchev–Trinajstić information content (AvgIpc) is 2.65. The quantitative estimate of drug-likeness (QED) is 0.322. The summed E-state index contributed by atoms with van der Waals surface area (Å²) in [4.78, 5) is 4.80. The topological polar surface area (TPSA) is 79.8 Å². The average molecular weight is 398 g/mol. The first-order chi connectivity index (χ1) is 12.9. The van der Waals surface area contributed by atoms with E-state index in [1.807, 2.05) is 13.0 Å². The fourth-order valence-electron chi connectivity index (χ4n) is 2.89.